The third-order valence-electron chi connectivity index (χ3n) is 4.79. The van der Waals surface area contributed by atoms with Crippen molar-refractivity contribution in [3.05, 3.63) is 56.3 Å². The summed E-state index contributed by atoms with van der Waals surface area (Å²) in [7, 11) is 0. The van der Waals surface area contributed by atoms with E-state index in [4.69, 9.17) is 27.9 Å². The summed E-state index contributed by atoms with van der Waals surface area (Å²) in [5.74, 6) is -0.826. The minimum absolute atomic E-state index is 0.0618. The average Bonchev–Trinajstić information content (AvgIpc) is 2.63. The van der Waals surface area contributed by atoms with Gasteiger partial charge in [-0.15, -0.1) is 0 Å². The first-order valence-corrected chi connectivity index (χ1v) is 9.61. The number of esters is 1. The van der Waals surface area contributed by atoms with Crippen molar-refractivity contribution < 1.29 is 14.3 Å². The molecule has 1 heterocycles. The topological polar surface area (TPSA) is 55.4 Å². The zero-order chi connectivity index (χ0) is 18.8. The van der Waals surface area contributed by atoms with Crippen LogP contribution in [0.4, 0.5) is 0 Å². The second kappa shape index (κ2) is 7.85. The number of benzene rings is 1. The maximum Gasteiger partial charge on any atom is 0.336 e. The number of rotatable bonds is 4. The minimum atomic E-state index is -0.484. The van der Waals surface area contributed by atoms with E-state index in [1.54, 1.807) is 19.1 Å². The number of hydrogen-bond donors (Lipinski definition) is 1. The summed E-state index contributed by atoms with van der Waals surface area (Å²) < 4.78 is 5.30. The highest BCUT2D eigenvalue weighted by Gasteiger charge is 2.39. The normalized spacial score (nSPS) is 20.0. The molecule has 1 N–H and O–H groups in total. The van der Waals surface area contributed by atoms with Gasteiger partial charge in [-0.25, -0.2) is 4.79 Å². The Hall–Kier alpha value is -1.78. The molecule has 0 saturated carbocycles. The van der Waals surface area contributed by atoms with Gasteiger partial charge in [-0.3, -0.25) is 4.79 Å². The van der Waals surface area contributed by atoms with E-state index in [9.17, 15) is 9.59 Å². The van der Waals surface area contributed by atoms with E-state index in [2.05, 4.69) is 5.32 Å². The smallest absolute Gasteiger partial charge is 0.336 e. The number of ether oxygens (including phenoxy) is 1. The van der Waals surface area contributed by atoms with Gasteiger partial charge in [0.1, 0.15) is 0 Å². The molecule has 4 nitrogen and oxygen atoms in total. The van der Waals surface area contributed by atoms with Crippen LogP contribution in [0, 0.1) is 0 Å². The maximum absolute atomic E-state index is 12.8. The van der Waals surface area contributed by atoms with Crippen molar-refractivity contribution in [3.8, 4) is 0 Å². The Morgan fingerprint density at radius 3 is 2.65 bits per heavy atom. The van der Waals surface area contributed by atoms with Crippen LogP contribution < -0.4 is 5.32 Å². The lowest BCUT2D eigenvalue weighted by Gasteiger charge is -2.35. The van der Waals surface area contributed by atoms with Gasteiger partial charge in [0.05, 0.1) is 22.2 Å². The van der Waals surface area contributed by atoms with Gasteiger partial charge >= 0.3 is 5.97 Å². The Morgan fingerprint density at radius 1 is 1.23 bits per heavy atom. The van der Waals surface area contributed by atoms with Crippen molar-refractivity contribution in [2.24, 2.45) is 0 Å². The molecular formula is C20H21Cl2NO3. The molecule has 1 aliphatic heterocycles. The Kier molecular flexibility index (Phi) is 5.73. The largest absolute Gasteiger partial charge is 0.463 e. The van der Waals surface area contributed by atoms with Gasteiger partial charge in [0, 0.05) is 29.3 Å². The first-order chi connectivity index (χ1) is 12.5. The van der Waals surface area contributed by atoms with E-state index in [1.165, 1.54) is 0 Å². The van der Waals surface area contributed by atoms with Crippen molar-refractivity contribution in [3.63, 3.8) is 0 Å². The SMILES string of the molecule is CCOC(=O)C1=C(CC)NC2=C(C(=O)CCC2)C1c1ccc(Cl)c(Cl)c1. The molecule has 0 amide bonds. The molecule has 2 aliphatic rings. The van der Waals surface area contributed by atoms with Crippen molar-refractivity contribution in [1.82, 2.24) is 5.32 Å². The molecule has 0 saturated heterocycles. The lowest BCUT2D eigenvalue weighted by molar-refractivity contribution is -0.138. The summed E-state index contributed by atoms with van der Waals surface area (Å²) in [6.07, 6.45) is 2.72. The highest BCUT2D eigenvalue weighted by atomic mass is 35.5. The molecule has 6 heteroatoms. The molecule has 1 aliphatic carbocycles. The zero-order valence-corrected chi connectivity index (χ0v) is 16.3. The predicted molar refractivity (Wildman–Crippen MR) is 102 cm³/mol. The van der Waals surface area contributed by atoms with Crippen LogP contribution in [0.15, 0.2) is 40.7 Å². The molecule has 0 spiro atoms. The molecule has 1 atom stereocenters. The third kappa shape index (κ3) is 3.40. The van der Waals surface area contributed by atoms with Crippen LogP contribution in [-0.2, 0) is 14.3 Å². The Balaban J connectivity index is 2.21. The standard InChI is InChI=1S/C20H21Cl2NO3/c1-3-14-19(20(25)26-4-2)17(11-8-9-12(21)13(22)10-11)18-15(23-14)6-5-7-16(18)24/h8-10,17,23H,3-7H2,1-2H3. The van der Waals surface area contributed by atoms with Crippen molar-refractivity contribution in [2.75, 3.05) is 6.61 Å². The van der Waals surface area contributed by atoms with Crippen LogP contribution in [0.1, 0.15) is 51.0 Å². The summed E-state index contributed by atoms with van der Waals surface area (Å²) in [5, 5.41) is 4.16. The molecule has 26 heavy (non-hydrogen) atoms. The number of carbonyl (C=O) groups is 2. The lowest BCUT2D eigenvalue weighted by Crippen LogP contribution is -2.35. The number of carbonyl (C=O) groups excluding carboxylic acids is 2. The molecule has 0 aromatic heterocycles. The minimum Gasteiger partial charge on any atom is -0.463 e. The number of halogens is 2. The summed E-state index contributed by atoms with van der Waals surface area (Å²) in [4.78, 5) is 25.5. The first kappa shape index (κ1) is 19.0. The summed E-state index contributed by atoms with van der Waals surface area (Å²) in [6.45, 7) is 4.02. The van der Waals surface area contributed by atoms with Gasteiger partial charge in [-0.05, 0) is 43.9 Å². The second-order valence-electron chi connectivity index (χ2n) is 6.37. The van der Waals surface area contributed by atoms with Crippen LogP contribution in [0.5, 0.6) is 0 Å². The van der Waals surface area contributed by atoms with Gasteiger partial charge in [-0.2, -0.15) is 0 Å². The molecule has 1 aromatic rings. The van der Waals surface area contributed by atoms with E-state index < -0.39 is 11.9 Å². The van der Waals surface area contributed by atoms with Crippen LogP contribution >= 0.6 is 23.2 Å². The second-order valence-corrected chi connectivity index (χ2v) is 7.18. The fourth-order valence-electron chi connectivity index (χ4n) is 3.65. The summed E-state index contributed by atoms with van der Waals surface area (Å²) >= 11 is 12.3. The zero-order valence-electron chi connectivity index (χ0n) is 14.8. The van der Waals surface area contributed by atoms with Crippen LogP contribution in [0.2, 0.25) is 10.0 Å². The lowest BCUT2D eigenvalue weighted by atomic mass is 9.75. The fraction of sp³-hybridized carbons (Fsp3) is 0.400. The quantitative estimate of drug-likeness (QED) is 0.737. The molecular weight excluding hydrogens is 373 g/mol. The van der Waals surface area contributed by atoms with E-state index in [1.807, 2.05) is 13.0 Å². The monoisotopic (exact) mass is 393 g/mol. The maximum atomic E-state index is 12.8. The van der Waals surface area contributed by atoms with Crippen molar-refractivity contribution >= 4 is 35.0 Å². The van der Waals surface area contributed by atoms with E-state index in [0.717, 1.165) is 29.8 Å². The summed E-state index contributed by atoms with van der Waals surface area (Å²) in [5.41, 5.74) is 3.62. The Labute approximate surface area is 163 Å². The highest BCUT2D eigenvalue weighted by molar-refractivity contribution is 6.42. The van der Waals surface area contributed by atoms with Crippen LogP contribution in [0.25, 0.3) is 0 Å². The van der Waals surface area contributed by atoms with Crippen molar-refractivity contribution in [1.29, 1.82) is 0 Å². The van der Waals surface area contributed by atoms with Crippen molar-refractivity contribution in [2.45, 2.75) is 45.4 Å². The Morgan fingerprint density at radius 2 is 2.00 bits per heavy atom. The van der Waals surface area contributed by atoms with E-state index in [-0.39, 0.29) is 12.4 Å². The number of allylic oxidation sites excluding steroid dienone is 3. The average molecular weight is 394 g/mol. The first-order valence-electron chi connectivity index (χ1n) is 8.86. The Bertz CT molecular complexity index is 826. The number of Topliss-reactive ketones (excluding diaryl/α,β-unsaturated/α-hetero) is 1. The molecule has 0 fully saturated rings. The van der Waals surface area contributed by atoms with E-state index in [0.29, 0.717) is 34.0 Å². The van der Waals surface area contributed by atoms with E-state index >= 15 is 0 Å². The number of ketones is 1. The molecule has 1 aromatic carbocycles. The molecule has 3 rings (SSSR count). The van der Waals surface area contributed by atoms with Gasteiger partial charge in [0.2, 0.25) is 0 Å². The summed E-state index contributed by atoms with van der Waals surface area (Å²) in [6, 6.07) is 5.26. The highest BCUT2D eigenvalue weighted by Crippen LogP contribution is 2.44. The van der Waals surface area contributed by atoms with Gasteiger partial charge < -0.3 is 10.1 Å². The molecule has 1 unspecified atom stereocenters. The predicted octanol–water partition coefficient (Wildman–Crippen LogP) is 4.91. The molecule has 138 valence electrons. The molecule has 0 bridgehead atoms. The molecule has 0 radical (unpaired) electrons. The third-order valence-corrected chi connectivity index (χ3v) is 5.53. The number of nitrogens with one attached hydrogen (secondary N) is 1. The number of hydrogen-bond acceptors (Lipinski definition) is 4. The van der Waals surface area contributed by atoms with Gasteiger partial charge in [0.25, 0.3) is 0 Å². The number of dihydropyridines is 1. The van der Waals surface area contributed by atoms with Gasteiger partial charge in [0.15, 0.2) is 5.78 Å². The van der Waals surface area contributed by atoms with Gasteiger partial charge in [-0.1, -0.05) is 36.2 Å². The van der Waals surface area contributed by atoms with Crippen LogP contribution in [-0.4, -0.2) is 18.4 Å². The van der Waals surface area contributed by atoms with Crippen LogP contribution in [0.3, 0.4) is 0 Å². The fourth-order valence-corrected chi connectivity index (χ4v) is 3.96.